The Kier molecular flexibility index (Phi) is 6.54. The van der Waals surface area contributed by atoms with Gasteiger partial charge in [0.1, 0.15) is 0 Å². The van der Waals surface area contributed by atoms with Crippen LogP contribution in [0, 0.1) is 0 Å². The summed E-state index contributed by atoms with van der Waals surface area (Å²) in [6.07, 6.45) is 6.85. The monoisotopic (exact) mass is 250 g/mol. The number of anilines is 2. The Labute approximate surface area is 110 Å². The largest absolute Gasteiger partial charge is 0.399 e. The standard InChI is InChI=1S/C14H26N4/c15-9-5-3-1-2-4-6-13(17)12-10-11(16)7-8-14(12)18/h7-8,10,13H,1-6,9,15-18H2. The molecule has 0 aliphatic heterocycles. The lowest BCUT2D eigenvalue weighted by molar-refractivity contribution is 0.552. The fourth-order valence-electron chi connectivity index (χ4n) is 2.11. The third-order valence-electron chi connectivity index (χ3n) is 3.23. The summed E-state index contributed by atoms with van der Waals surface area (Å²) in [4.78, 5) is 0. The Bertz CT molecular complexity index is 352. The second-order valence-electron chi connectivity index (χ2n) is 4.84. The number of rotatable bonds is 8. The summed E-state index contributed by atoms with van der Waals surface area (Å²) in [5.74, 6) is 0. The van der Waals surface area contributed by atoms with Crippen molar-refractivity contribution in [2.75, 3.05) is 18.0 Å². The lowest BCUT2D eigenvalue weighted by atomic mass is 9.98. The van der Waals surface area contributed by atoms with Crippen LogP contribution in [0.2, 0.25) is 0 Å². The molecular weight excluding hydrogens is 224 g/mol. The van der Waals surface area contributed by atoms with Crippen LogP contribution in [0.5, 0.6) is 0 Å². The first-order valence-corrected chi connectivity index (χ1v) is 6.75. The Morgan fingerprint density at radius 3 is 2.33 bits per heavy atom. The first-order chi connectivity index (χ1) is 8.65. The molecule has 0 saturated carbocycles. The summed E-state index contributed by atoms with van der Waals surface area (Å²) in [7, 11) is 0. The number of nitrogen functional groups attached to an aromatic ring is 2. The average Bonchev–Trinajstić information content (AvgIpc) is 2.36. The summed E-state index contributed by atoms with van der Waals surface area (Å²) in [6.45, 7) is 0.791. The SMILES string of the molecule is NCCCCCCCC(N)c1cc(N)ccc1N. The van der Waals surface area contributed by atoms with E-state index in [1.54, 1.807) is 6.07 Å². The Balaban J connectivity index is 2.31. The van der Waals surface area contributed by atoms with E-state index >= 15 is 0 Å². The maximum Gasteiger partial charge on any atom is 0.0363 e. The maximum absolute atomic E-state index is 6.15. The van der Waals surface area contributed by atoms with E-state index in [1.165, 1.54) is 19.3 Å². The molecule has 0 radical (unpaired) electrons. The minimum absolute atomic E-state index is 0.0111. The zero-order valence-electron chi connectivity index (χ0n) is 11.1. The third kappa shape index (κ3) is 4.94. The summed E-state index contributed by atoms with van der Waals surface area (Å²) < 4.78 is 0. The summed E-state index contributed by atoms with van der Waals surface area (Å²) in [5.41, 5.74) is 25.7. The predicted octanol–water partition coefficient (Wildman–Crippen LogP) is 2.15. The molecule has 18 heavy (non-hydrogen) atoms. The fraction of sp³-hybridized carbons (Fsp3) is 0.571. The highest BCUT2D eigenvalue weighted by molar-refractivity contribution is 5.56. The van der Waals surface area contributed by atoms with Gasteiger partial charge in [-0.15, -0.1) is 0 Å². The number of benzene rings is 1. The molecule has 0 aliphatic carbocycles. The zero-order valence-corrected chi connectivity index (χ0v) is 11.1. The quantitative estimate of drug-likeness (QED) is 0.419. The van der Waals surface area contributed by atoms with Crippen LogP contribution >= 0.6 is 0 Å². The van der Waals surface area contributed by atoms with Crippen molar-refractivity contribution >= 4 is 11.4 Å². The molecule has 0 aliphatic rings. The first-order valence-electron chi connectivity index (χ1n) is 6.75. The van der Waals surface area contributed by atoms with Crippen LogP contribution in [-0.4, -0.2) is 6.54 Å². The van der Waals surface area contributed by atoms with Gasteiger partial charge in [0.05, 0.1) is 0 Å². The molecule has 0 amide bonds. The van der Waals surface area contributed by atoms with Crippen molar-refractivity contribution in [1.29, 1.82) is 0 Å². The van der Waals surface area contributed by atoms with Gasteiger partial charge in [0.15, 0.2) is 0 Å². The normalized spacial score (nSPS) is 12.6. The van der Waals surface area contributed by atoms with Crippen LogP contribution in [-0.2, 0) is 0 Å². The van der Waals surface area contributed by atoms with Gasteiger partial charge in [0.2, 0.25) is 0 Å². The second kappa shape index (κ2) is 7.95. The molecule has 4 nitrogen and oxygen atoms in total. The van der Waals surface area contributed by atoms with E-state index in [0.717, 1.165) is 42.7 Å². The molecule has 0 fully saturated rings. The summed E-state index contributed by atoms with van der Waals surface area (Å²) in [6, 6.07) is 5.50. The maximum atomic E-state index is 6.15. The van der Waals surface area contributed by atoms with E-state index in [1.807, 2.05) is 12.1 Å². The molecule has 1 aromatic rings. The van der Waals surface area contributed by atoms with Gasteiger partial charge < -0.3 is 22.9 Å². The number of unbranched alkanes of at least 4 members (excludes halogenated alkanes) is 4. The molecule has 1 atom stereocenters. The van der Waals surface area contributed by atoms with E-state index in [2.05, 4.69) is 0 Å². The van der Waals surface area contributed by atoms with Crippen molar-refractivity contribution in [3.63, 3.8) is 0 Å². The van der Waals surface area contributed by atoms with E-state index in [-0.39, 0.29) is 6.04 Å². The van der Waals surface area contributed by atoms with Crippen molar-refractivity contribution in [2.45, 2.75) is 44.6 Å². The highest BCUT2D eigenvalue weighted by Gasteiger charge is 2.09. The van der Waals surface area contributed by atoms with Crippen molar-refractivity contribution < 1.29 is 0 Å². The predicted molar refractivity (Wildman–Crippen MR) is 79.0 cm³/mol. The van der Waals surface area contributed by atoms with Crippen molar-refractivity contribution in [2.24, 2.45) is 11.5 Å². The third-order valence-corrected chi connectivity index (χ3v) is 3.23. The first kappa shape index (κ1) is 14.8. The van der Waals surface area contributed by atoms with Gasteiger partial charge in [-0.25, -0.2) is 0 Å². The molecule has 1 rings (SSSR count). The van der Waals surface area contributed by atoms with Crippen LogP contribution in [0.4, 0.5) is 11.4 Å². The van der Waals surface area contributed by atoms with Crippen molar-refractivity contribution in [3.8, 4) is 0 Å². The second-order valence-corrected chi connectivity index (χ2v) is 4.84. The molecule has 102 valence electrons. The Morgan fingerprint density at radius 1 is 0.944 bits per heavy atom. The van der Waals surface area contributed by atoms with Gasteiger partial charge in [-0.05, 0) is 43.1 Å². The molecule has 0 aromatic heterocycles. The molecule has 4 heteroatoms. The molecule has 0 bridgehead atoms. The van der Waals surface area contributed by atoms with Gasteiger partial charge in [-0.3, -0.25) is 0 Å². The highest BCUT2D eigenvalue weighted by Crippen LogP contribution is 2.25. The van der Waals surface area contributed by atoms with Gasteiger partial charge in [-0.1, -0.05) is 25.7 Å². The molecule has 0 saturated heterocycles. The van der Waals surface area contributed by atoms with Gasteiger partial charge in [-0.2, -0.15) is 0 Å². The zero-order chi connectivity index (χ0) is 13.4. The van der Waals surface area contributed by atoms with E-state index in [0.29, 0.717) is 0 Å². The Hall–Kier alpha value is -1.26. The number of hydrogen-bond donors (Lipinski definition) is 4. The van der Waals surface area contributed by atoms with Crippen LogP contribution in [0.25, 0.3) is 0 Å². The van der Waals surface area contributed by atoms with Crippen LogP contribution in [0.1, 0.15) is 50.1 Å². The van der Waals surface area contributed by atoms with Crippen molar-refractivity contribution in [3.05, 3.63) is 23.8 Å². The molecule has 0 spiro atoms. The molecule has 1 aromatic carbocycles. The molecule has 1 unspecified atom stereocenters. The minimum atomic E-state index is -0.0111. The highest BCUT2D eigenvalue weighted by atomic mass is 14.7. The average molecular weight is 250 g/mol. The lowest BCUT2D eigenvalue weighted by Crippen LogP contribution is -2.12. The van der Waals surface area contributed by atoms with Crippen LogP contribution in [0.3, 0.4) is 0 Å². The summed E-state index contributed by atoms with van der Waals surface area (Å²) in [5, 5.41) is 0. The minimum Gasteiger partial charge on any atom is -0.399 e. The van der Waals surface area contributed by atoms with E-state index in [4.69, 9.17) is 22.9 Å². The molecule has 8 N–H and O–H groups in total. The van der Waals surface area contributed by atoms with Crippen LogP contribution < -0.4 is 22.9 Å². The topological polar surface area (TPSA) is 104 Å². The molecular formula is C14H26N4. The summed E-state index contributed by atoms with van der Waals surface area (Å²) >= 11 is 0. The van der Waals surface area contributed by atoms with Crippen LogP contribution in [0.15, 0.2) is 18.2 Å². The van der Waals surface area contributed by atoms with Gasteiger partial charge in [0, 0.05) is 17.4 Å². The number of nitrogens with two attached hydrogens (primary N) is 4. The van der Waals surface area contributed by atoms with E-state index in [9.17, 15) is 0 Å². The smallest absolute Gasteiger partial charge is 0.0363 e. The Morgan fingerprint density at radius 2 is 1.61 bits per heavy atom. The fourth-order valence-corrected chi connectivity index (χ4v) is 2.11. The van der Waals surface area contributed by atoms with E-state index < -0.39 is 0 Å². The van der Waals surface area contributed by atoms with Crippen molar-refractivity contribution in [1.82, 2.24) is 0 Å². The lowest BCUT2D eigenvalue weighted by Gasteiger charge is -2.15. The van der Waals surface area contributed by atoms with Gasteiger partial charge >= 0.3 is 0 Å². The van der Waals surface area contributed by atoms with Gasteiger partial charge in [0.25, 0.3) is 0 Å². The molecule has 0 heterocycles. The number of hydrogen-bond acceptors (Lipinski definition) is 4.